The van der Waals surface area contributed by atoms with E-state index in [0.29, 0.717) is 109 Å². The molecule has 4 N–H and O–H groups in total. The maximum atomic E-state index is 14.4. The van der Waals surface area contributed by atoms with Crippen molar-refractivity contribution < 1.29 is 54.4 Å². The Hall–Kier alpha value is -7.50. The van der Waals surface area contributed by atoms with E-state index in [0.717, 1.165) is 0 Å². The molecule has 3 amide bonds. The highest BCUT2D eigenvalue weighted by atomic mass is 32.2. The molecule has 456 valence electrons. The Bertz CT molecular complexity index is 3430. The standard InChI is InChI=1S/C64H74F2N8O10S2/c1-41(67-3)59(75)36-46(63(79)73-29-10-14-57(73)48-32-50(39-69-37-48)60(76)44-16-22-52(65)23-17-44)12-7-8-28-71-86(83,84)55-27-21-43-20-26-54(34-47(43)35-55)85(81,82)31-9-5-6-13-56(72-62(78)42(2)68-4)64(80)74-30-11-15-58(74)49-33-51(40-70-38-49)61(77)45-18-24-53(66)25-19-45/h16-27,32-35,37-42,46,56-58,67-68,71H,5-15,28-31,36H2,1-4H3,(H,72,78)/t41-,42-,46+,56-,57-,58-/m0/s1. The second-order valence-electron chi connectivity index (χ2n) is 22.2. The van der Waals surface area contributed by atoms with Gasteiger partial charge in [-0.1, -0.05) is 31.4 Å². The number of aromatic nitrogens is 2. The SMILES string of the molecule is CN[C@@H](C)C(=O)C[C@@H](CCCCNS(=O)(=O)c1ccc2ccc(S(=O)(=O)CCCCC[C@H](NC(=O)[C@H](C)NC)C(=O)N3CCC[C@H]3c3cncc(C(=O)c4ccc(F)cc4)c3)cc2c1)C(=O)N1CCC[C@H]1c1cncc(C(=O)c2ccc(F)cc2)c1. The number of carbonyl (C=O) groups excluding carboxylic acids is 6. The lowest BCUT2D eigenvalue weighted by Gasteiger charge is -2.30. The van der Waals surface area contributed by atoms with Crippen molar-refractivity contribution in [3.63, 3.8) is 0 Å². The van der Waals surface area contributed by atoms with Crippen LogP contribution in [0.1, 0.15) is 146 Å². The number of nitrogens with zero attached hydrogens (tertiary/aromatic N) is 4. The van der Waals surface area contributed by atoms with Crippen molar-refractivity contribution in [2.45, 2.75) is 131 Å². The average molecular weight is 1220 g/mol. The average Bonchev–Trinajstić information content (AvgIpc) is 2.67. The molecule has 8 rings (SSSR count). The molecule has 2 aromatic heterocycles. The molecule has 2 saturated heterocycles. The van der Waals surface area contributed by atoms with Crippen LogP contribution in [0, 0.1) is 17.6 Å². The van der Waals surface area contributed by atoms with Gasteiger partial charge in [-0.25, -0.2) is 30.3 Å². The van der Waals surface area contributed by atoms with Crippen molar-refractivity contribution >= 4 is 65.7 Å². The van der Waals surface area contributed by atoms with Crippen LogP contribution in [0.5, 0.6) is 0 Å². The zero-order chi connectivity index (χ0) is 61.7. The number of nitrogens with one attached hydrogen (secondary N) is 4. The first kappa shape index (κ1) is 64.5. The molecule has 0 bridgehead atoms. The third-order valence-corrected chi connectivity index (χ3v) is 19.6. The van der Waals surface area contributed by atoms with E-state index in [1.165, 1.54) is 85.2 Å². The topological polar surface area (TPSA) is 251 Å². The van der Waals surface area contributed by atoms with Crippen molar-refractivity contribution in [2.24, 2.45) is 5.92 Å². The van der Waals surface area contributed by atoms with E-state index in [1.807, 2.05) is 0 Å². The molecule has 0 radical (unpaired) electrons. The summed E-state index contributed by atoms with van der Waals surface area (Å²) < 4.78 is 84.8. The molecular weight excluding hydrogens is 1140 g/mol. The number of sulfonamides is 1. The van der Waals surface area contributed by atoms with Gasteiger partial charge in [-0.2, -0.15) is 0 Å². The number of amides is 3. The van der Waals surface area contributed by atoms with Gasteiger partial charge in [0, 0.05) is 79.0 Å². The summed E-state index contributed by atoms with van der Waals surface area (Å²) >= 11 is 0. The van der Waals surface area contributed by atoms with E-state index in [1.54, 1.807) is 74.4 Å². The largest absolute Gasteiger partial charge is 0.343 e. The number of sulfone groups is 1. The fourth-order valence-corrected chi connectivity index (χ4v) is 13.6. The number of rotatable bonds is 29. The Morgan fingerprint density at radius 2 is 1.10 bits per heavy atom. The highest BCUT2D eigenvalue weighted by molar-refractivity contribution is 7.91. The van der Waals surface area contributed by atoms with Gasteiger partial charge in [0.25, 0.3) is 0 Å². The Balaban J connectivity index is 0.851. The fourth-order valence-electron chi connectivity index (χ4n) is 11.1. The van der Waals surface area contributed by atoms with Gasteiger partial charge in [0.2, 0.25) is 27.7 Å². The van der Waals surface area contributed by atoms with Crippen LogP contribution in [-0.4, -0.2) is 129 Å². The van der Waals surface area contributed by atoms with Gasteiger partial charge >= 0.3 is 0 Å². The fraction of sp³-hybridized carbons (Fsp3) is 0.406. The molecule has 0 unspecified atom stereocenters. The minimum Gasteiger partial charge on any atom is -0.343 e. The molecule has 2 fully saturated rings. The van der Waals surface area contributed by atoms with Crippen LogP contribution in [0.4, 0.5) is 8.78 Å². The minimum atomic E-state index is -4.08. The second kappa shape index (κ2) is 29.3. The van der Waals surface area contributed by atoms with Crippen LogP contribution < -0.4 is 20.7 Å². The van der Waals surface area contributed by atoms with Crippen LogP contribution in [0.15, 0.2) is 132 Å². The molecule has 18 nitrogen and oxygen atoms in total. The number of unbranched alkanes of at least 4 members (excludes halogenated alkanes) is 3. The lowest BCUT2D eigenvalue weighted by atomic mass is 9.91. The number of hydrogen-bond donors (Lipinski definition) is 4. The number of fused-ring (bicyclic) bond motifs is 1. The summed E-state index contributed by atoms with van der Waals surface area (Å²) in [6.45, 7) is 4.26. The van der Waals surface area contributed by atoms with Crippen molar-refractivity contribution in [1.29, 1.82) is 0 Å². The van der Waals surface area contributed by atoms with Crippen molar-refractivity contribution in [3.8, 4) is 0 Å². The number of hydrogen-bond acceptors (Lipinski definition) is 14. The van der Waals surface area contributed by atoms with E-state index in [4.69, 9.17) is 0 Å². The summed E-state index contributed by atoms with van der Waals surface area (Å²) in [6.07, 6.45) is 11.0. The van der Waals surface area contributed by atoms with Crippen molar-refractivity contribution in [1.82, 2.24) is 40.4 Å². The quantitative estimate of drug-likeness (QED) is 0.0256. The summed E-state index contributed by atoms with van der Waals surface area (Å²) in [4.78, 5) is 93.8. The second-order valence-corrected chi connectivity index (χ2v) is 26.1. The number of ketones is 3. The maximum Gasteiger partial charge on any atom is 0.245 e. The van der Waals surface area contributed by atoms with E-state index in [2.05, 4.69) is 30.6 Å². The molecule has 6 aromatic rings. The highest BCUT2D eigenvalue weighted by Gasteiger charge is 2.37. The molecule has 0 aliphatic carbocycles. The third kappa shape index (κ3) is 16.1. The van der Waals surface area contributed by atoms with Gasteiger partial charge in [-0.05, 0) is 186 Å². The van der Waals surface area contributed by atoms with Gasteiger partial charge in [0.15, 0.2) is 21.4 Å². The van der Waals surface area contributed by atoms with Gasteiger partial charge < -0.3 is 25.8 Å². The van der Waals surface area contributed by atoms with Crippen molar-refractivity contribution in [3.05, 3.63) is 167 Å². The molecule has 0 saturated carbocycles. The van der Waals surface area contributed by atoms with Gasteiger partial charge in [0.1, 0.15) is 23.5 Å². The highest BCUT2D eigenvalue weighted by Crippen LogP contribution is 2.36. The zero-order valence-corrected chi connectivity index (χ0v) is 50.4. The van der Waals surface area contributed by atoms with Crippen LogP contribution >= 0.6 is 0 Å². The molecule has 4 aromatic carbocycles. The molecule has 22 heteroatoms. The Kier molecular flexibility index (Phi) is 21.9. The maximum absolute atomic E-state index is 14.4. The predicted octanol–water partition coefficient (Wildman–Crippen LogP) is 8.16. The van der Waals surface area contributed by atoms with E-state index in [9.17, 15) is 54.4 Å². The predicted molar refractivity (Wildman–Crippen MR) is 321 cm³/mol. The van der Waals surface area contributed by atoms with Gasteiger partial charge in [-0.3, -0.25) is 38.7 Å². The normalized spacial score (nSPS) is 16.8. The Labute approximate surface area is 501 Å². The first-order valence-corrected chi connectivity index (χ1v) is 32.4. The van der Waals surface area contributed by atoms with E-state index in [-0.39, 0.29) is 82.0 Å². The number of carbonyl (C=O) groups is 6. The number of benzene rings is 4. The van der Waals surface area contributed by atoms with Crippen LogP contribution in [0.3, 0.4) is 0 Å². The molecule has 4 heterocycles. The summed E-state index contributed by atoms with van der Waals surface area (Å²) in [5, 5.41) is 9.75. The molecule has 2 aliphatic rings. The lowest BCUT2D eigenvalue weighted by molar-refractivity contribution is -0.139. The first-order chi connectivity index (χ1) is 41.2. The van der Waals surface area contributed by atoms with Crippen LogP contribution in [0.25, 0.3) is 10.8 Å². The van der Waals surface area contributed by atoms with Gasteiger partial charge in [-0.15, -0.1) is 0 Å². The number of halogens is 2. The van der Waals surface area contributed by atoms with Crippen LogP contribution in [-0.2, 0) is 39.0 Å². The summed E-state index contributed by atoms with van der Waals surface area (Å²) in [5.41, 5.74) is 2.48. The number of Topliss-reactive ketones (excluding diaryl/α,β-unsaturated/α-hetero) is 1. The monoisotopic (exact) mass is 1220 g/mol. The number of likely N-dealkylation sites (tertiary alicyclic amines) is 2. The zero-order valence-electron chi connectivity index (χ0n) is 48.8. The summed E-state index contributed by atoms with van der Waals surface area (Å²) in [5.74, 6) is -3.60. The number of pyridine rings is 2. The Morgan fingerprint density at radius 1 is 0.581 bits per heavy atom. The van der Waals surface area contributed by atoms with Gasteiger partial charge in [0.05, 0.1) is 39.7 Å². The smallest absolute Gasteiger partial charge is 0.245 e. The third-order valence-electron chi connectivity index (χ3n) is 16.4. The lowest BCUT2D eigenvalue weighted by Crippen LogP contribution is -2.52. The molecule has 2 aliphatic heterocycles. The summed E-state index contributed by atoms with van der Waals surface area (Å²) in [7, 11) is -4.65. The van der Waals surface area contributed by atoms with E-state index < -0.39 is 67.6 Å². The van der Waals surface area contributed by atoms with Crippen molar-refractivity contribution in [2.75, 3.05) is 39.5 Å². The Morgan fingerprint density at radius 3 is 1.66 bits per heavy atom. The molecule has 0 spiro atoms. The summed E-state index contributed by atoms with van der Waals surface area (Å²) in [6, 6.07) is 20.0. The molecule has 6 atom stereocenters. The van der Waals surface area contributed by atoms with E-state index >= 15 is 0 Å². The number of likely N-dealkylation sites (N-methyl/N-ethyl adjacent to an activating group) is 2. The van der Waals surface area contributed by atoms with Crippen LogP contribution in [0.2, 0.25) is 0 Å². The molecule has 86 heavy (non-hydrogen) atoms. The first-order valence-electron chi connectivity index (χ1n) is 29.2. The molecular formula is C64H74F2N8O10S2. The minimum absolute atomic E-state index is 0.0148.